The molecule has 3 atom stereocenters. The van der Waals surface area contributed by atoms with Crippen LogP contribution in [0.15, 0.2) is 18.2 Å². The third-order valence-corrected chi connectivity index (χ3v) is 4.72. The molecule has 2 rings (SSSR count). The van der Waals surface area contributed by atoms with Crippen molar-refractivity contribution in [1.29, 1.82) is 0 Å². The first-order chi connectivity index (χ1) is 9.95. The van der Waals surface area contributed by atoms with Gasteiger partial charge in [-0.2, -0.15) is 0 Å². The minimum absolute atomic E-state index is 0.146. The van der Waals surface area contributed by atoms with E-state index in [-0.39, 0.29) is 16.7 Å². The van der Waals surface area contributed by atoms with Crippen LogP contribution in [0.4, 0.5) is 5.69 Å². The fraction of sp³-hybridized carbons (Fsp3) is 0.625. The SMILES string of the molecule is Cc1ccc(C(C)N2C(C)CCCC2CN)cc1[N+](=O)[O-]. The smallest absolute Gasteiger partial charge is 0.272 e. The number of benzene rings is 1. The maximum Gasteiger partial charge on any atom is 0.272 e. The number of likely N-dealkylation sites (tertiary alicyclic amines) is 1. The fourth-order valence-corrected chi connectivity index (χ4v) is 3.50. The highest BCUT2D eigenvalue weighted by Gasteiger charge is 2.31. The molecule has 0 bridgehead atoms. The van der Waals surface area contributed by atoms with Crippen LogP contribution in [0, 0.1) is 17.0 Å². The predicted octanol–water partition coefficient (Wildman–Crippen LogP) is 3.17. The minimum Gasteiger partial charge on any atom is -0.329 e. The van der Waals surface area contributed by atoms with Crippen LogP contribution >= 0.6 is 0 Å². The summed E-state index contributed by atoms with van der Waals surface area (Å²) in [4.78, 5) is 13.3. The van der Waals surface area contributed by atoms with E-state index in [0.29, 0.717) is 24.2 Å². The van der Waals surface area contributed by atoms with Gasteiger partial charge in [0.2, 0.25) is 0 Å². The van der Waals surface area contributed by atoms with Gasteiger partial charge in [-0.1, -0.05) is 18.6 Å². The van der Waals surface area contributed by atoms with E-state index in [0.717, 1.165) is 18.4 Å². The largest absolute Gasteiger partial charge is 0.329 e. The number of aryl methyl sites for hydroxylation is 1. The Bertz CT molecular complexity index is 518. The van der Waals surface area contributed by atoms with Crippen molar-refractivity contribution in [2.75, 3.05) is 6.54 Å². The lowest BCUT2D eigenvalue weighted by Crippen LogP contribution is -2.49. The molecule has 1 aromatic rings. The standard InChI is InChI=1S/C16H25N3O2/c1-11-7-8-14(9-16(11)19(20)21)13(3)18-12(2)5-4-6-15(18)10-17/h7-9,12-13,15H,4-6,10,17H2,1-3H3. The van der Waals surface area contributed by atoms with Crippen LogP contribution in [-0.2, 0) is 0 Å². The number of hydrogen-bond acceptors (Lipinski definition) is 4. The van der Waals surface area contributed by atoms with E-state index in [1.54, 1.807) is 13.0 Å². The summed E-state index contributed by atoms with van der Waals surface area (Å²) < 4.78 is 0. The van der Waals surface area contributed by atoms with Gasteiger partial charge in [0, 0.05) is 36.3 Å². The molecule has 5 heteroatoms. The molecule has 1 aliphatic rings. The highest BCUT2D eigenvalue weighted by Crippen LogP contribution is 2.33. The van der Waals surface area contributed by atoms with Crippen LogP contribution in [0.1, 0.15) is 50.3 Å². The summed E-state index contributed by atoms with van der Waals surface area (Å²) in [7, 11) is 0. The lowest BCUT2D eigenvalue weighted by atomic mass is 9.92. The molecule has 5 nitrogen and oxygen atoms in total. The first-order valence-corrected chi connectivity index (χ1v) is 7.68. The number of nitro benzene ring substituents is 1. The van der Waals surface area contributed by atoms with E-state index >= 15 is 0 Å². The van der Waals surface area contributed by atoms with E-state index in [9.17, 15) is 10.1 Å². The number of nitrogens with zero attached hydrogens (tertiary/aromatic N) is 2. The number of nitrogens with two attached hydrogens (primary N) is 1. The Morgan fingerprint density at radius 3 is 2.81 bits per heavy atom. The van der Waals surface area contributed by atoms with Crippen molar-refractivity contribution in [3.8, 4) is 0 Å². The van der Waals surface area contributed by atoms with Gasteiger partial charge in [-0.15, -0.1) is 0 Å². The molecule has 0 radical (unpaired) electrons. The summed E-state index contributed by atoms with van der Waals surface area (Å²) in [6.45, 7) is 6.77. The summed E-state index contributed by atoms with van der Waals surface area (Å²) in [6, 6.07) is 6.53. The predicted molar refractivity (Wildman–Crippen MR) is 84.2 cm³/mol. The topological polar surface area (TPSA) is 72.4 Å². The van der Waals surface area contributed by atoms with Crippen molar-refractivity contribution in [3.63, 3.8) is 0 Å². The van der Waals surface area contributed by atoms with Crippen molar-refractivity contribution in [3.05, 3.63) is 39.4 Å². The van der Waals surface area contributed by atoms with Gasteiger partial charge in [0.1, 0.15) is 0 Å². The molecule has 1 heterocycles. The second kappa shape index (κ2) is 6.54. The van der Waals surface area contributed by atoms with Crippen LogP contribution in [0.2, 0.25) is 0 Å². The van der Waals surface area contributed by atoms with Gasteiger partial charge in [0.25, 0.3) is 5.69 Å². The Morgan fingerprint density at radius 1 is 1.48 bits per heavy atom. The second-order valence-electron chi connectivity index (χ2n) is 6.10. The number of hydrogen-bond donors (Lipinski definition) is 1. The Hall–Kier alpha value is -1.46. The van der Waals surface area contributed by atoms with Gasteiger partial charge in [0.15, 0.2) is 0 Å². The fourth-order valence-electron chi connectivity index (χ4n) is 3.50. The first kappa shape index (κ1) is 15.9. The molecule has 3 unspecified atom stereocenters. The molecule has 0 aromatic heterocycles. The summed E-state index contributed by atoms with van der Waals surface area (Å²) in [5.74, 6) is 0. The molecule has 116 valence electrons. The molecule has 1 aliphatic heterocycles. The lowest BCUT2D eigenvalue weighted by molar-refractivity contribution is -0.385. The molecular formula is C16H25N3O2. The normalized spacial score (nSPS) is 24.8. The van der Waals surface area contributed by atoms with Gasteiger partial charge in [-0.25, -0.2) is 0 Å². The Balaban J connectivity index is 2.31. The van der Waals surface area contributed by atoms with E-state index in [1.807, 2.05) is 12.1 Å². The van der Waals surface area contributed by atoms with E-state index in [4.69, 9.17) is 5.73 Å². The molecule has 0 saturated carbocycles. The molecule has 1 aromatic carbocycles. The lowest BCUT2D eigenvalue weighted by Gasteiger charge is -2.44. The molecule has 0 amide bonds. The molecule has 21 heavy (non-hydrogen) atoms. The second-order valence-corrected chi connectivity index (χ2v) is 6.10. The van der Waals surface area contributed by atoms with E-state index in [2.05, 4.69) is 18.7 Å². The van der Waals surface area contributed by atoms with Crippen molar-refractivity contribution < 1.29 is 4.92 Å². The van der Waals surface area contributed by atoms with Gasteiger partial charge in [-0.3, -0.25) is 15.0 Å². The molecule has 0 spiro atoms. The van der Waals surface area contributed by atoms with Crippen molar-refractivity contribution >= 4 is 5.69 Å². The zero-order chi connectivity index (χ0) is 15.6. The van der Waals surface area contributed by atoms with Crippen molar-refractivity contribution in [2.45, 2.75) is 58.2 Å². The summed E-state index contributed by atoms with van der Waals surface area (Å²) >= 11 is 0. The highest BCUT2D eigenvalue weighted by atomic mass is 16.6. The maximum atomic E-state index is 11.1. The quantitative estimate of drug-likeness (QED) is 0.683. The summed E-state index contributed by atoms with van der Waals surface area (Å²) in [5.41, 5.74) is 7.83. The molecule has 1 fully saturated rings. The molecule has 1 saturated heterocycles. The van der Waals surface area contributed by atoms with Crippen molar-refractivity contribution in [2.24, 2.45) is 5.73 Å². The Kier molecular flexibility index (Phi) is 4.96. The van der Waals surface area contributed by atoms with Crippen LogP contribution < -0.4 is 5.73 Å². The average molecular weight is 291 g/mol. The Labute approximate surface area is 126 Å². The van der Waals surface area contributed by atoms with Crippen molar-refractivity contribution in [1.82, 2.24) is 4.90 Å². The van der Waals surface area contributed by atoms with Gasteiger partial charge >= 0.3 is 0 Å². The minimum atomic E-state index is -0.300. The summed E-state index contributed by atoms with van der Waals surface area (Å²) in [6.07, 6.45) is 3.48. The zero-order valence-corrected chi connectivity index (χ0v) is 13.1. The van der Waals surface area contributed by atoms with Crippen LogP contribution in [0.25, 0.3) is 0 Å². The van der Waals surface area contributed by atoms with Crippen LogP contribution in [-0.4, -0.2) is 28.5 Å². The first-order valence-electron chi connectivity index (χ1n) is 7.68. The molecule has 0 aliphatic carbocycles. The highest BCUT2D eigenvalue weighted by molar-refractivity contribution is 5.43. The summed E-state index contributed by atoms with van der Waals surface area (Å²) in [5, 5.41) is 11.1. The Morgan fingerprint density at radius 2 is 2.19 bits per heavy atom. The van der Waals surface area contributed by atoms with Gasteiger partial charge < -0.3 is 5.73 Å². The van der Waals surface area contributed by atoms with E-state index < -0.39 is 0 Å². The number of piperidine rings is 1. The zero-order valence-electron chi connectivity index (χ0n) is 13.1. The number of nitro groups is 1. The van der Waals surface area contributed by atoms with Gasteiger partial charge in [0.05, 0.1) is 4.92 Å². The maximum absolute atomic E-state index is 11.1. The van der Waals surface area contributed by atoms with Gasteiger partial charge in [-0.05, 0) is 39.2 Å². The third-order valence-electron chi connectivity index (χ3n) is 4.72. The molecular weight excluding hydrogens is 266 g/mol. The third kappa shape index (κ3) is 3.24. The molecule has 2 N–H and O–H groups in total. The number of rotatable bonds is 4. The monoisotopic (exact) mass is 291 g/mol. The van der Waals surface area contributed by atoms with E-state index in [1.165, 1.54) is 6.42 Å². The average Bonchev–Trinajstić information content (AvgIpc) is 2.46. The van der Waals surface area contributed by atoms with Crippen LogP contribution in [0.5, 0.6) is 0 Å². The van der Waals surface area contributed by atoms with Crippen LogP contribution in [0.3, 0.4) is 0 Å².